The number of nitrogens with one attached hydrogen (secondary N) is 1. The summed E-state index contributed by atoms with van der Waals surface area (Å²) in [5.74, 6) is 0.461. The molecule has 1 amide bonds. The molecule has 1 aromatic rings. The molecule has 5 heteroatoms. The lowest BCUT2D eigenvalue weighted by atomic mass is 10.3. The van der Waals surface area contributed by atoms with Crippen LogP contribution in [0.1, 0.15) is 19.8 Å². The van der Waals surface area contributed by atoms with Crippen LogP contribution in [0.2, 0.25) is 0 Å². The van der Waals surface area contributed by atoms with Gasteiger partial charge in [0.05, 0.1) is 4.47 Å². The minimum Gasteiger partial charge on any atom is -0.483 e. The second-order valence-corrected chi connectivity index (χ2v) is 4.54. The molecule has 0 fully saturated rings. The first kappa shape index (κ1) is 13.8. The van der Waals surface area contributed by atoms with Crippen molar-refractivity contribution in [2.24, 2.45) is 0 Å². The number of hydrogen-bond donors (Lipinski definition) is 2. The molecule has 3 N–H and O–H groups in total. The Morgan fingerprint density at radius 2 is 2.29 bits per heavy atom. The van der Waals surface area contributed by atoms with Gasteiger partial charge in [0.2, 0.25) is 0 Å². The van der Waals surface area contributed by atoms with Gasteiger partial charge in [-0.15, -0.1) is 0 Å². The minimum atomic E-state index is -0.118. The number of unbranched alkanes of at least 4 members (excludes halogenated alkanes) is 1. The average Bonchev–Trinajstić information content (AvgIpc) is 2.31. The van der Waals surface area contributed by atoms with E-state index in [1.54, 1.807) is 18.2 Å². The van der Waals surface area contributed by atoms with Gasteiger partial charge in [0.1, 0.15) is 5.75 Å². The van der Waals surface area contributed by atoms with Gasteiger partial charge in [-0.25, -0.2) is 0 Å². The molecule has 0 unspecified atom stereocenters. The zero-order chi connectivity index (χ0) is 12.7. The molecule has 0 aliphatic rings. The van der Waals surface area contributed by atoms with Crippen LogP contribution in [0, 0.1) is 0 Å². The van der Waals surface area contributed by atoms with E-state index in [0.717, 1.165) is 17.3 Å². The number of hydrogen-bond acceptors (Lipinski definition) is 3. The summed E-state index contributed by atoms with van der Waals surface area (Å²) in [4.78, 5) is 11.4. The normalized spacial score (nSPS) is 10.0. The number of nitrogen functional groups attached to an aromatic ring is 1. The van der Waals surface area contributed by atoms with E-state index in [9.17, 15) is 4.79 Å². The molecule has 0 saturated carbocycles. The molecule has 0 bridgehead atoms. The van der Waals surface area contributed by atoms with Gasteiger partial charge < -0.3 is 15.8 Å². The Morgan fingerprint density at radius 1 is 1.53 bits per heavy atom. The Morgan fingerprint density at radius 3 is 3.00 bits per heavy atom. The summed E-state index contributed by atoms with van der Waals surface area (Å²) in [5, 5.41) is 2.78. The van der Waals surface area contributed by atoms with Crippen molar-refractivity contribution >= 4 is 27.5 Å². The molecule has 0 aliphatic heterocycles. The first-order valence-electron chi connectivity index (χ1n) is 5.58. The molecule has 17 heavy (non-hydrogen) atoms. The van der Waals surface area contributed by atoms with Gasteiger partial charge in [-0.05, 0) is 34.5 Å². The molecular weight excluding hydrogens is 284 g/mol. The van der Waals surface area contributed by atoms with E-state index in [0.29, 0.717) is 18.0 Å². The zero-order valence-electron chi connectivity index (χ0n) is 9.83. The average molecular weight is 301 g/mol. The van der Waals surface area contributed by atoms with E-state index >= 15 is 0 Å². The van der Waals surface area contributed by atoms with Crippen molar-refractivity contribution in [2.45, 2.75) is 19.8 Å². The van der Waals surface area contributed by atoms with E-state index in [4.69, 9.17) is 10.5 Å². The zero-order valence-corrected chi connectivity index (χ0v) is 11.4. The highest BCUT2D eigenvalue weighted by Crippen LogP contribution is 2.26. The SMILES string of the molecule is CCCCNC(=O)COc1cc(N)ccc1Br. The smallest absolute Gasteiger partial charge is 0.257 e. The van der Waals surface area contributed by atoms with E-state index in [2.05, 4.69) is 28.2 Å². The van der Waals surface area contributed by atoms with Crippen LogP contribution in [-0.4, -0.2) is 19.1 Å². The van der Waals surface area contributed by atoms with Crippen LogP contribution < -0.4 is 15.8 Å². The lowest BCUT2D eigenvalue weighted by Crippen LogP contribution is -2.29. The van der Waals surface area contributed by atoms with Gasteiger partial charge in [-0.3, -0.25) is 4.79 Å². The monoisotopic (exact) mass is 300 g/mol. The molecule has 4 nitrogen and oxygen atoms in total. The molecule has 0 aliphatic carbocycles. The fourth-order valence-electron chi connectivity index (χ4n) is 1.23. The molecule has 0 spiro atoms. The Balaban J connectivity index is 2.39. The van der Waals surface area contributed by atoms with Gasteiger partial charge in [0, 0.05) is 18.3 Å². The van der Waals surface area contributed by atoms with E-state index in [1.165, 1.54) is 0 Å². The van der Waals surface area contributed by atoms with Crippen molar-refractivity contribution in [3.8, 4) is 5.75 Å². The molecule has 1 aromatic carbocycles. The van der Waals surface area contributed by atoms with Gasteiger partial charge in [0.15, 0.2) is 6.61 Å². The lowest BCUT2D eigenvalue weighted by Gasteiger charge is -2.09. The lowest BCUT2D eigenvalue weighted by molar-refractivity contribution is -0.123. The summed E-state index contributed by atoms with van der Waals surface area (Å²) < 4.78 is 6.16. The fraction of sp³-hybridized carbons (Fsp3) is 0.417. The van der Waals surface area contributed by atoms with Gasteiger partial charge >= 0.3 is 0 Å². The number of anilines is 1. The molecule has 94 valence electrons. The second kappa shape index (κ2) is 7.17. The predicted octanol–water partition coefficient (Wildman–Crippen LogP) is 2.33. The first-order chi connectivity index (χ1) is 8.13. The number of benzene rings is 1. The molecule has 1 rings (SSSR count). The van der Waals surface area contributed by atoms with Crippen LogP contribution in [-0.2, 0) is 4.79 Å². The van der Waals surface area contributed by atoms with Crippen molar-refractivity contribution in [1.82, 2.24) is 5.32 Å². The molecule has 0 atom stereocenters. The van der Waals surface area contributed by atoms with E-state index < -0.39 is 0 Å². The molecular formula is C12H17BrN2O2. The highest BCUT2D eigenvalue weighted by molar-refractivity contribution is 9.10. The summed E-state index contributed by atoms with van der Waals surface area (Å²) in [6.45, 7) is 2.77. The third kappa shape index (κ3) is 5.08. The number of nitrogens with two attached hydrogens (primary N) is 1. The third-order valence-electron chi connectivity index (χ3n) is 2.17. The van der Waals surface area contributed by atoms with Crippen molar-refractivity contribution in [1.29, 1.82) is 0 Å². The topological polar surface area (TPSA) is 64.3 Å². The second-order valence-electron chi connectivity index (χ2n) is 3.68. The summed E-state index contributed by atoms with van der Waals surface area (Å²) in [6.07, 6.45) is 2.04. The summed E-state index contributed by atoms with van der Waals surface area (Å²) in [7, 11) is 0. The summed E-state index contributed by atoms with van der Waals surface area (Å²) in [6, 6.07) is 5.24. The van der Waals surface area contributed by atoms with Crippen LogP contribution in [0.15, 0.2) is 22.7 Å². The number of halogens is 1. The van der Waals surface area contributed by atoms with Crippen molar-refractivity contribution in [2.75, 3.05) is 18.9 Å². The molecule has 0 radical (unpaired) electrons. The van der Waals surface area contributed by atoms with Crippen molar-refractivity contribution in [3.63, 3.8) is 0 Å². The van der Waals surface area contributed by atoms with Crippen molar-refractivity contribution in [3.05, 3.63) is 22.7 Å². The highest BCUT2D eigenvalue weighted by Gasteiger charge is 2.05. The van der Waals surface area contributed by atoms with Crippen LogP contribution >= 0.6 is 15.9 Å². The number of rotatable bonds is 6. The summed E-state index contributed by atoms with van der Waals surface area (Å²) >= 11 is 3.33. The Kier molecular flexibility index (Phi) is 5.83. The van der Waals surface area contributed by atoms with Gasteiger partial charge in [-0.2, -0.15) is 0 Å². The van der Waals surface area contributed by atoms with Crippen LogP contribution in [0.4, 0.5) is 5.69 Å². The van der Waals surface area contributed by atoms with E-state index in [1.807, 2.05) is 0 Å². The Hall–Kier alpha value is -1.23. The van der Waals surface area contributed by atoms with Gasteiger partial charge in [0.25, 0.3) is 5.91 Å². The van der Waals surface area contributed by atoms with E-state index in [-0.39, 0.29) is 12.5 Å². The quantitative estimate of drug-likeness (QED) is 0.626. The highest BCUT2D eigenvalue weighted by atomic mass is 79.9. The van der Waals surface area contributed by atoms with Crippen LogP contribution in [0.3, 0.4) is 0 Å². The minimum absolute atomic E-state index is 0.00572. The largest absolute Gasteiger partial charge is 0.483 e. The van der Waals surface area contributed by atoms with Crippen molar-refractivity contribution < 1.29 is 9.53 Å². The number of amides is 1. The molecule has 0 aromatic heterocycles. The standard InChI is InChI=1S/C12H17BrN2O2/c1-2-3-6-15-12(16)8-17-11-7-9(14)4-5-10(11)13/h4-5,7H,2-3,6,8,14H2,1H3,(H,15,16). The third-order valence-corrected chi connectivity index (χ3v) is 2.82. The van der Waals surface area contributed by atoms with Crippen LogP contribution in [0.5, 0.6) is 5.75 Å². The fourth-order valence-corrected chi connectivity index (χ4v) is 1.59. The maximum atomic E-state index is 11.4. The first-order valence-corrected chi connectivity index (χ1v) is 6.37. The predicted molar refractivity (Wildman–Crippen MR) is 72.0 cm³/mol. The maximum Gasteiger partial charge on any atom is 0.257 e. The van der Waals surface area contributed by atoms with Crippen LogP contribution in [0.25, 0.3) is 0 Å². The number of ether oxygens (including phenoxy) is 1. The Labute approximate surface area is 110 Å². The maximum absolute atomic E-state index is 11.4. The summed E-state index contributed by atoms with van der Waals surface area (Å²) in [5.41, 5.74) is 6.24. The Bertz CT molecular complexity index is 383. The number of carbonyl (C=O) groups is 1. The molecule has 0 heterocycles. The number of carbonyl (C=O) groups excluding carboxylic acids is 1. The molecule has 0 saturated heterocycles. The van der Waals surface area contributed by atoms with Gasteiger partial charge in [-0.1, -0.05) is 13.3 Å².